The number of thiophene rings is 1. The molecule has 0 radical (unpaired) electrons. The first-order valence-corrected chi connectivity index (χ1v) is 12.1. The maximum Gasteiger partial charge on any atom is 0.260 e. The highest BCUT2D eigenvalue weighted by molar-refractivity contribution is 8.00. The van der Waals surface area contributed by atoms with Gasteiger partial charge >= 0.3 is 0 Å². The normalized spacial score (nSPS) is 15.0. The Kier molecular flexibility index (Phi) is 6.69. The van der Waals surface area contributed by atoms with Gasteiger partial charge in [-0.25, -0.2) is 4.98 Å². The number of allylic oxidation sites excluding steroid dienone is 1. The summed E-state index contributed by atoms with van der Waals surface area (Å²) >= 11 is 2.74. The molecule has 1 aromatic carbocycles. The number of rotatable bonds is 7. The van der Waals surface area contributed by atoms with Crippen LogP contribution < -0.4 is 10.9 Å². The van der Waals surface area contributed by atoms with Crippen molar-refractivity contribution in [2.75, 3.05) is 6.54 Å². The lowest BCUT2D eigenvalue weighted by molar-refractivity contribution is -0.120. The van der Waals surface area contributed by atoms with Crippen molar-refractivity contribution in [2.45, 2.75) is 49.4 Å². The van der Waals surface area contributed by atoms with Crippen LogP contribution in [-0.2, 0) is 4.79 Å². The molecule has 30 heavy (non-hydrogen) atoms. The number of benzene rings is 1. The zero-order chi connectivity index (χ0) is 20.9. The largest absolute Gasteiger partial charge is 0.355 e. The van der Waals surface area contributed by atoms with E-state index in [1.165, 1.54) is 41.5 Å². The van der Waals surface area contributed by atoms with Crippen LogP contribution in [0.25, 0.3) is 21.3 Å². The quantitative estimate of drug-likeness (QED) is 0.304. The lowest BCUT2D eigenvalue weighted by atomic mass is 9.97. The molecule has 0 saturated heterocycles. The van der Waals surface area contributed by atoms with Crippen LogP contribution in [0.15, 0.2) is 57.3 Å². The molecule has 5 nitrogen and oxygen atoms in total. The van der Waals surface area contributed by atoms with Crippen molar-refractivity contribution >= 4 is 39.2 Å². The minimum atomic E-state index is -0.334. The van der Waals surface area contributed by atoms with E-state index in [9.17, 15) is 9.59 Å². The summed E-state index contributed by atoms with van der Waals surface area (Å²) in [6, 6.07) is 9.83. The summed E-state index contributed by atoms with van der Waals surface area (Å²) in [6.45, 7) is 2.50. The van der Waals surface area contributed by atoms with Crippen LogP contribution in [0.4, 0.5) is 0 Å². The minimum Gasteiger partial charge on any atom is -0.355 e. The summed E-state index contributed by atoms with van der Waals surface area (Å²) in [5.41, 5.74) is 3.17. The number of hydrogen-bond acceptors (Lipinski definition) is 5. The van der Waals surface area contributed by atoms with Gasteiger partial charge < -0.3 is 10.3 Å². The monoisotopic (exact) mass is 439 g/mol. The molecule has 1 amide bonds. The summed E-state index contributed by atoms with van der Waals surface area (Å²) in [4.78, 5) is 33.3. The Bertz CT molecular complexity index is 1120. The van der Waals surface area contributed by atoms with Crippen molar-refractivity contribution in [3.8, 4) is 11.1 Å². The fourth-order valence-corrected chi connectivity index (χ4v) is 5.48. The second kappa shape index (κ2) is 9.62. The van der Waals surface area contributed by atoms with Crippen LogP contribution in [0.3, 0.4) is 0 Å². The molecule has 1 aliphatic rings. The Labute approximate surface area is 184 Å². The topological polar surface area (TPSA) is 74.8 Å². The zero-order valence-corrected chi connectivity index (χ0v) is 18.6. The van der Waals surface area contributed by atoms with Crippen molar-refractivity contribution in [2.24, 2.45) is 0 Å². The molecule has 2 N–H and O–H groups in total. The van der Waals surface area contributed by atoms with E-state index in [0.29, 0.717) is 21.9 Å². The number of aromatic amines is 1. The average Bonchev–Trinajstić information content (AvgIpc) is 3.19. The molecule has 1 atom stereocenters. The first kappa shape index (κ1) is 20.9. The third kappa shape index (κ3) is 4.84. The first-order valence-electron chi connectivity index (χ1n) is 10.3. The Morgan fingerprint density at radius 3 is 2.90 bits per heavy atom. The Hall–Kier alpha value is -2.38. The number of carbonyl (C=O) groups is 1. The number of amides is 1. The highest BCUT2D eigenvalue weighted by Gasteiger charge is 2.18. The molecule has 2 aromatic heterocycles. The predicted octanol–water partition coefficient (Wildman–Crippen LogP) is 5.14. The Morgan fingerprint density at radius 2 is 2.13 bits per heavy atom. The van der Waals surface area contributed by atoms with Crippen molar-refractivity contribution in [3.63, 3.8) is 0 Å². The molecule has 7 heteroatoms. The first-order chi connectivity index (χ1) is 14.6. The number of nitrogens with one attached hydrogen (secondary N) is 2. The standard InChI is InChI=1S/C23H25N3O2S2/c1-15(20(27)24-13-12-16-8-4-2-5-9-16)30-23-25-21(28)19-18(14-29-22(19)26-23)17-10-6-3-7-11-17/h3,6-8,10-11,14-15H,2,4-5,9,12-13H2,1H3,(H,24,27)(H,25,26,28)/t15-/m1/s1. The van der Waals surface area contributed by atoms with Crippen molar-refractivity contribution in [3.05, 3.63) is 57.7 Å². The van der Waals surface area contributed by atoms with Gasteiger partial charge in [0.2, 0.25) is 5.91 Å². The van der Waals surface area contributed by atoms with Crippen molar-refractivity contribution in [1.82, 2.24) is 15.3 Å². The second-order valence-electron chi connectivity index (χ2n) is 7.48. The number of nitrogens with zero attached hydrogens (tertiary/aromatic N) is 1. The van der Waals surface area contributed by atoms with Gasteiger partial charge in [-0.1, -0.05) is 53.7 Å². The van der Waals surface area contributed by atoms with Gasteiger partial charge in [-0.3, -0.25) is 9.59 Å². The Morgan fingerprint density at radius 1 is 1.30 bits per heavy atom. The van der Waals surface area contributed by atoms with Crippen LogP contribution in [0.2, 0.25) is 0 Å². The highest BCUT2D eigenvalue weighted by atomic mass is 32.2. The van der Waals surface area contributed by atoms with E-state index >= 15 is 0 Å². The van der Waals surface area contributed by atoms with Gasteiger partial charge in [0.05, 0.1) is 10.6 Å². The van der Waals surface area contributed by atoms with Gasteiger partial charge in [-0.15, -0.1) is 11.3 Å². The van der Waals surface area contributed by atoms with Gasteiger partial charge in [-0.2, -0.15) is 0 Å². The molecule has 0 spiro atoms. The molecule has 2 heterocycles. The summed E-state index contributed by atoms with van der Waals surface area (Å²) in [7, 11) is 0. The van der Waals surface area contributed by atoms with Gasteiger partial charge in [0.1, 0.15) is 4.83 Å². The van der Waals surface area contributed by atoms with Gasteiger partial charge in [0.15, 0.2) is 5.16 Å². The molecule has 0 saturated carbocycles. The molecule has 0 bridgehead atoms. The van der Waals surface area contributed by atoms with E-state index in [1.807, 2.05) is 42.6 Å². The number of H-pyrrole nitrogens is 1. The molecular weight excluding hydrogens is 414 g/mol. The lowest BCUT2D eigenvalue weighted by Crippen LogP contribution is -2.32. The number of fused-ring (bicyclic) bond motifs is 1. The summed E-state index contributed by atoms with van der Waals surface area (Å²) in [5.74, 6) is -0.0321. The number of carbonyl (C=O) groups excluding carboxylic acids is 1. The maximum absolute atomic E-state index is 12.7. The SMILES string of the molecule is C[C@@H](Sc1nc2scc(-c3ccccc3)c2c(=O)[nH]1)C(=O)NCCC1=CCCCC1. The lowest BCUT2D eigenvalue weighted by Gasteiger charge is -2.14. The second-order valence-corrected chi connectivity index (χ2v) is 9.66. The molecule has 0 fully saturated rings. The molecule has 1 aliphatic carbocycles. The molecular formula is C23H25N3O2S2. The number of thioether (sulfide) groups is 1. The molecule has 0 aliphatic heterocycles. The molecule has 0 unspecified atom stereocenters. The van der Waals surface area contributed by atoms with Gasteiger partial charge in [0, 0.05) is 17.5 Å². The van der Waals surface area contributed by atoms with Crippen molar-refractivity contribution < 1.29 is 4.79 Å². The fraction of sp³-hybridized carbons (Fsp3) is 0.348. The molecule has 3 aromatic rings. The highest BCUT2D eigenvalue weighted by Crippen LogP contribution is 2.31. The Balaban J connectivity index is 1.41. The van der Waals surface area contributed by atoms with E-state index < -0.39 is 0 Å². The smallest absolute Gasteiger partial charge is 0.260 e. The van der Waals surface area contributed by atoms with Gasteiger partial charge in [-0.05, 0) is 44.6 Å². The van der Waals surface area contributed by atoms with Crippen LogP contribution in [0, 0.1) is 0 Å². The summed E-state index contributed by atoms with van der Waals surface area (Å²) in [5, 5.41) is 5.72. The fourth-order valence-electron chi connectivity index (χ4n) is 3.66. The third-order valence-electron chi connectivity index (χ3n) is 5.30. The van der Waals surface area contributed by atoms with Crippen LogP contribution in [0.1, 0.15) is 39.0 Å². The van der Waals surface area contributed by atoms with E-state index in [4.69, 9.17) is 0 Å². The minimum absolute atomic E-state index is 0.0321. The summed E-state index contributed by atoms with van der Waals surface area (Å²) in [6.07, 6.45) is 8.06. The van der Waals surface area contributed by atoms with Crippen LogP contribution in [0.5, 0.6) is 0 Å². The van der Waals surface area contributed by atoms with E-state index in [1.54, 1.807) is 0 Å². The van der Waals surface area contributed by atoms with E-state index in [0.717, 1.165) is 30.4 Å². The summed E-state index contributed by atoms with van der Waals surface area (Å²) < 4.78 is 0. The number of hydrogen-bond donors (Lipinski definition) is 2. The van der Waals surface area contributed by atoms with Crippen molar-refractivity contribution in [1.29, 1.82) is 0 Å². The van der Waals surface area contributed by atoms with Gasteiger partial charge in [0.25, 0.3) is 5.56 Å². The van der Waals surface area contributed by atoms with Crippen LogP contribution >= 0.6 is 23.1 Å². The zero-order valence-electron chi connectivity index (χ0n) is 16.9. The van der Waals surface area contributed by atoms with Crippen LogP contribution in [-0.4, -0.2) is 27.7 Å². The van der Waals surface area contributed by atoms with E-state index in [-0.39, 0.29) is 16.7 Å². The predicted molar refractivity (Wildman–Crippen MR) is 125 cm³/mol. The third-order valence-corrected chi connectivity index (χ3v) is 7.15. The molecule has 156 valence electrons. The van der Waals surface area contributed by atoms with E-state index in [2.05, 4.69) is 21.4 Å². The maximum atomic E-state index is 12.7. The molecule has 4 rings (SSSR count). The average molecular weight is 440 g/mol. The number of aromatic nitrogens is 2.